The lowest BCUT2D eigenvalue weighted by Gasteiger charge is -2.39. The van der Waals surface area contributed by atoms with E-state index in [1.807, 2.05) is 18.2 Å². The number of nitro benzene ring substituents is 1. The highest BCUT2D eigenvalue weighted by atomic mass is 35.5. The second-order valence-corrected chi connectivity index (χ2v) is 20.2. The van der Waals surface area contributed by atoms with Crippen LogP contribution >= 0.6 is 11.6 Å². The number of rotatable bonds is 12. The number of hydrogen-bond donors (Lipinski definition) is 5. The number of carbonyl (C=O) groups excluding carboxylic acids is 1. The summed E-state index contributed by atoms with van der Waals surface area (Å²) >= 11 is 6.24. The number of aromatic amines is 1. The molecule has 1 saturated heterocycles. The van der Waals surface area contributed by atoms with Crippen LogP contribution in [-0.4, -0.2) is 95.3 Å². The number of sulfonamides is 1. The number of ether oxygens (including phenoxy) is 1. The molecule has 3 fully saturated rings. The van der Waals surface area contributed by atoms with Gasteiger partial charge in [0.05, 0.1) is 33.8 Å². The fraction of sp³-hybridized carbons (Fsp3) is 0.391. The molecule has 3 heterocycles. The number of H-pyrrole nitrogens is 1. The summed E-state index contributed by atoms with van der Waals surface area (Å²) in [4.78, 5) is 37.1. The van der Waals surface area contributed by atoms with Crippen LogP contribution in [0.25, 0.3) is 16.6 Å². The summed E-state index contributed by atoms with van der Waals surface area (Å²) in [5, 5.41) is 37.4. The van der Waals surface area contributed by atoms with Gasteiger partial charge in [-0.25, -0.2) is 18.1 Å². The van der Waals surface area contributed by atoms with Crippen LogP contribution in [0.3, 0.4) is 0 Å². The monoisotopic (exact) mass is 895 g/mol. The first kappa shape index (κ1) is 42.8. The van der Waals surface area contributed by atoms with Gasteiger partial charge in [-0.1, -0.05) is 43.2 Å². The maximum absolute atomic E-state index is 14.0. The number of aromatic nitrogens is 2. The largest absolute Gasteiger partial charge is 0.455 e. The Bertz CT molecular complexity index is 2710. The van der Waals surface area contributed by atoms with E-state index in [9.17, 15) is 33.5 Å². The molecule has 0 radical (unpaired) electrons. The molecule has 2 bridgehead atoms. The Morgan fingerprint density at radius 3 is 2.52 bits per heavy atom. The molecule has 2 saturated carbocycles. The fourth-order valence-corrected chi connectivity index (χ4v) is 10.9. The summed E-state index contributed by atoms with van der Waals surface area (Å²) in [5.74, 6) is -0.984. The van der Waals surface area contributed by atoms with Crippen molar-refractivity contribution in [2.75, 3.05) is 42.9 Å². The minimum Gasteiger partial charge on any atom is -0.455 e. The van der Waals surface area contributed by atoms with Crippen molar-refractivity contribution >= 4 is 61.2 Å². The molecule has 5 aromatic rings. The zero-order valence-corrected chi connectivity index (χ0v) is 36.5. The van der Waals surface area contributed by atoms with Crippen molar-refractivity contribution in [3.05, 3.63) is 117 Å². The topological polar surface area (TPSA) is 203 Å². The van der Waals surface area contributed by atoms with Gasteiger partial charge < -0.3 is 30.2 Å². The minimum absolute atomic E-state index is 0.0677. The van der Waals surface area contributed by atoms with Crippen LogP contribution in [0.1, 0.15) is 61.9 Å². The highest BCUT2D eigenvalue weighted by Crippen LogP contribution is 2.47. The molecular weight excluding hydrogens is 846 g/mol. The van der Waals surface area contributed by atoms with Crippen molar-refractivity contribution in [3.63, 3.8) is 0 Å². The van der Waals surface area contributed by atoms with Crippen LogP contribution in [0, 0.1) is 27.4 Å². The number of piperazine rings is 1. The number of fused-ring (bicyclic) bond motifs is 3. The first-order chi connectivity index (χ1) is 30.1. The summed E-state index contributed by atoms with van der Waals surface area (Å²) in [7, 11) is -4.62. The second-order valence-electron chi connectivity index (χ2n) is 18.1. The number of nitrogens with one attached hydrogen (secondary N) is 3. The van der Waals surface area contributed by atoms with E-state index < -0.39 is 43.6 Å². The Morgan fingerprint density at radius 2 is 1.79 bits per heavy atom. The van der Waals surface area contributed by atoms with Gasteiger partial charge in [0.1, 0.15) is 22.8 Å². The summed E-state index contributed by atoms with van der Waals surface area (Å²) in [6.07, 6.45) is 5.72. The quantitative estimate of drug-likeness (QED) is 0.0616. The third kappa shape index (κ3) is 8.87. The number of hydrogen-bond acceptors (Lipinski definition) is 12. The Labute approximate surface area is 370 Å². The summed E-state index contributed by atoms with van der Waals surface area (Å²) in [6, 6.07) is 19.8. The van der Waals surface area contributed by atoms with E-state index in [1.54, 1.807) is 24.4 Å². The molecule has 15 nitrogen and oxygen atoms in total. The van der Waals surface area contributed by atoms with Crippen LogP contribution in [0.15, 0.2) is 95.7 Å². The number of carbonyl (C=O) groups is 1. The first-order valence-corrected chi connectivity index (χ1v) is 23.1. The van der Waals surface area contributed by atoms with E-state index in [0.29, 0.717) is 37.3 Å². The number of aliphatic hydroxyl groups is 2. The van der Waals surface area contributed by atoms with Gasteiger partial charge in [0, 0.05) is 79.1 Å². The van der Waals surface area contributed by atoms with Gasteiger partial charge in [-0.15, -0.1) is 0 Å². The predicted molar refractivity (Wildman–Crippen MR) is 241 cm³/mol. The van der Waals surface area contributed by atoms with Crippen molar-refractivity contribution in [1.82, 2.24) is 19.6 Å². The van der Waals surface area contributed by atoms with E-state index in [0.717, 1.165) is 61.1 Å². The molecule has 1 aliphatic heterocycles. The molecule has 1 amide bonds. The van der Waals surface area contributed by atoms with Crippen LogP contribution in [-0.2, 0) is 10.0 Å². The molecule has 0 spiro atoms. The van der Waals surface area contributed by atoms with Gasteiger partial charge in [0.25, 0.3) is 21.6 Å². The molecule has 3 aromatic carbocycles. The molecule has 3 aliphatic carbocycles. The van der Waals surface area contributed by atoms with Crippen LogP contribution in [0.4, 0.5) is 17.1 Å². The molecule has 17 heteroatoms. The molecule has 330 valence electrons. The van der Waals surface area contributed by atoms with Crippen molar-refractivity contribution in [2.24, 2.45) is 17.3 Å². The Balaban J connectivity index is 0.934. The molecule has 2 aromatic heterocycles. The lowest BCUT2D eigenvalue weighted by atomic mass is 9.72. The van der Waals surface area contributed by atoms with E-state index in [-0.39, 0.29) is 40.3 Å². The number of pyridine rings is 1. The minimum atomic E-state index is -4.62. The normalized spacial score (nSPS) is 23.6. The molecule has 63 heavy (non-hydrogen) atoms. The molecule has 1 unspecified atom stereocenters. The van der Waals surface area contributed by atoms with E-state index in [1.165, 1.54) is 41.1 Å². The van der Waals surface area contributed by atoms with Crippen LogP contribution in [0.2, 0.25) is 5.02 Å². The molecule has 9 rings (SSSR count). The van der Waals surface area contributed by atoms with E-state index in [2.05, 4.69) is 55.8 Å². The lowest BCUT2D eigenvalue weighted by Crippen LogP contribution is -2.47. The summed E-state index contributed by atoms with van der Waals surface area (Å²) < 4.78 is 35.9. The van der Waals surface area contributed by atoms with Crippen molar-refractivity contribution in [1.29, 1.82) is 0 Å². The summed E-state index contributed by atoms with van der Waals surface area (Å²) in [5.41, 5.74) is 5.22. The first-order valence-electron chi connectivity index (χ1n) is 21.3. The van der Waals surface area contributed by atoms with Gasteiger partial charge in [0.2, 0.25) is 0 Å². The average Bonchev–Trinajstić information content (AvgIpc) is 3.97. The van der Waals surface area contributed by atoms with Crippen molar-refractivity contribution in [2.45, 2.75) is 69.1 Å². The highest BCUT2D eigenvalue weighted by Gasteiger charge is 2.52. The smallest absolute Gasteiger partial charge is 0.293 e. The third-order valence-corrected chi connectivity index (χ3v) is 14.9. The van der Waals surface area contributed by atoms with Gasteiger partial charge in [0.15, 0.2) is 0 Å². The fourth-order valence-electron chi connectivity index (χ4n) is 9.83. The number of anilines is 2. The lowest BCUT2D eigenvalue weighted by molar-refractivity contribution is -0.384. The van der Waals surface area contributed by atoms with Crippen molar-refractivity contribution in [3.8, 4) is 11.5 Å². The van der Waals surface area contributed by atoms with E-state index >= 15 is 0 Å². The number of halogens is 1. The molecule has 4 aliphatic rings. The standard InChI is InChI=1S/C46H50ClN7O8S/c1-46(2)13-11-29(37(24-46)27-3-5-31(47)6-4-27)26-52-15-17-53(18-16-52)32-7-9-35(41(22-32)62-33-19-28-12-14-48-44(28)49-25-33)45(57)51-63(60,61)34-8-10-38(40(23-34)54(58)59)50-39-21-30-20-36(39)43(56)42(30)55/h3-10,12,14,19,22-23,25,30,36,39,42-43,50,55-56H,11,13,15-18,20-21,24,26H2,1-2H3,(H,48,49)(H,51,57)/t30-,36+,39?,42+,43+/m1/s1. The zero-order chi connectivity index (χ0) is 44.2. The Morgan fingerprint density at radius 1 is 1.02 bits per heavy atom. The number of nitro groups is 1. The van der Waals surface area contributed by atoms with Gasteiger partial charge in [-0.2, -0.15) is 0 Å². The number of nitrogens with zero attached hydrogens (tertiary/aromatic N) is 4. The van der Waals surface area contributed by atoms with Gasteiger partial charge >= 0.3 is 0 Å². The van der Waals surface area contributed by atoms with Crippen molar-refractivity contribution < 1.29 is 33.1 Å². The van der Waals surface area contributed by atoms with Crippen LogP contribution in [0.5, 0.6) is 11.5 Å². The summed E-state index contributed by atoms with van der Waals surface area (Å²) in [6.45, 7) is 8.55. The number of amides is 1. The van der Waals surface area contributed by atoms with Crippen LogP contribution < -0.4 is 19.7 Å². The number of allylic oxidation sites excluding steroid dienone is 1. The van der Waals surface area contributed by atoms with Gasteiger partial charge in [-0.05, 0) is 103 Å². The SMILES string of the molecule is CC1(C)CCC(CN2CCN(c3ccc(C(=O)NS(=O)(=O)c4ccc(NC5C[C@H]6C[C@@H]5[C@H](O)[C@H]6O)c([N+](=O)[O-])c4)c(Oc4cnc5[nH]ccc5c4)c3)CC2)=C(c2ccc(Cl)cc2)C1. The van der Waals surface area contributed by atoms with Gasteiger partial charge in [-0.3, -0.25) is 19.8 Å². The zero-order valence-electron chi connectivity index (χ0n) is 35.0. The second kappa shape index (κ2) is 16.9. The average molecular weight is 896 g/mol. The third-order valence-electron chi connectivity index (χ3n) is 13.3. The Hall–Kier alpha value is -5.52. The number of aliphatic hydroxyl groups excluding tert-OH is 2. The molecule has 5 atom stereocenters. The maximum Gasteiger partial charge on any atom is 0.293 e. The predicted octanol–water partition coefficient (Wildman–Crippen LogP) is 7.36. The molecular formula is C46H50ClN7O8S. The Kier molecular flexibility index (Phi) is 11.5. The number of benzene rings is 3. The molecule has 5 N–H and O–H groups in total. The van der Waals surface area contributed by atoms with E-state index in [4.69, 9.17) is 16.3 Å². The highest BCUT2D eigenvalue weighted by molar-refractivity contribution is 7.90. The maximum atomic E-state index is 14.0.